The molecule has 0 aromatic heterocycles. The lowest BCUT2D eigenvalue weighted by Crippen LogP contribution is -2.37. The van der Waals surface area contributed by atoms with E-state index in [1.165, 1.54) is 0 Å². The molecule has 5 nitrogen and oxygen atoms in total. The van der Waals surface area contributed by atoms with Crippen molar-refractivity contribution in [3.63, 3.8) is 0 Å². The molecule has 1 heterocycles. The molecule has 0 unspecified atom stereocenters. The van der Waals surface area contributed by atoms with Crippen molar-refractivity contribution in [2.75, 3.05) is 38.6 Å². The second kappa shape index (κ2) is 8.64. The molecule has 0 bridgehead atoms. The third-order valence-electron chi connectivity index (χ3n) is 5.46. The van der Waals surface area contributed by atoms with Gasteiger partial charge in [0.1, 0.15) is 0 Å². The van der Waals surface area contributed by atoms with Crippen LogP contribution in [0.25, 0.3) is 0 Å². The van der Waals surface area contributed by atoms with Gasteiger partial charge in [-0.3, -0.25) is 4.90 Å². The van der Waals surface area contributed by atoms with Gasteiger partial charge in [-0.2, -0.15) is 0 Å². The SMILES string of the molecule is Cc1ccc(S(=O)(=O)NC[C@H](c2ccc(N(C)C)cc2)N2CCCC2)c(C)c1. The maximum atomic E-state index is 12.9. The van der Waals surface area contributed by atoms with Gasteiger partial charge in [-0.25, -0.2) is 13.1 Å². The summed E-state index contributed by atoms with van der Waals surface area (Å²) < 4.78 is 28.7. The zero-order valence-corrected chi connectivity index (χ0v) is 18.1. The monoisotopic (exact) mass is 401 g/mol. The van der Waals surface area contributed by atoms with Crippen LogP contribution in [0.2, 0.25) is 0 Å². The number of aryl methyl sites for hydroxylation is 2. The third-order valence-corrected chi connectivity index (χ3v) is 7.05. The Hall–Kier alpha value is -1.89. The first-order valence-corrected chi connectivity index (χ1v) is 11.3. The van der Waals surface area contributed by atoms with Gasteiger partial charge in [-0.15, -0.1) is 0 Å². The van der Waals surface area contributed by atoms with E-state index in [1.54, 1.807) is 6.07 Å². The van der Waals surface area contributed by atoms with E-state index in [4.69, 9.17) is 0 Å². The summed E-state index contributed by atoms with van der Waals surface area (Å²) in [6, 6.07) is 13.9. The van der Waals surface area contributed by atoms with Crippen molar-refractivity contribution in [1.29, 1.82) is 0 Å². The van der Waals surface area contributed by atoms with Gasteiger partial charge in [0.25, 0.3) is 0 Å². The first-order chi connectivity index (χ1) is 13.3. The van der Waals surface area contributed by atoms with Crippen molar-refractivity contribution in [2.24, 2.45) is 0 Å². The van der Waals surface area contributed by atoms with E-state index in [1.807, 2.05) is 40.1 Å². The molecular formula is C22H31N3O2S. The van der Waals surface area contributed by atoms with Gasteiger partial charge in [0, 0.05) is 32.4 Å². The number of nitrogens with zero attached hydrogens (tertiary/aromatic N) is 2. The van der Waals surface area contributed by atoms with Gasteiger partial charge in [0.15, 0.2) is 0 Å². The van der Waals surface area contributed by atoms with E-state index in [0.717, 1.165) is 48.3 Å². The molecule has 2 aromatic carbocycles. The number of benzene rings is 2. The second-order valence-electron chi connectivity index (χ2n) is 7.87. The molecule has 152 valence electrons. The predicted octanol–water partition coefficient (Wildman–Crippen LogP) is 3.48. The highest BCUT2D eigenvalue weighted by Crippen LogP contribution is 2.27. The molecular weight excluding hydrogens is 370 g/mol. The summed E-state index contributed by atoms with van der Waals surface area (Å²) in [5.74, 6) is 0. The highest BCUT2D eigenvalue weighted by Gasteiger charge is 2.26. The summed E-state index contributed by atoms with van der Waals surface area (Å²) in [6.45, 7) is 6.20. The van der Waals surface area contributed by atoms with Gasteiger partial charge in [-0.05, 0) is 69.1 Å². The Morgan fingerprint density at radius 2 is 1.68 bits per heavy atom. The molecule has 1 atom stereocenters. The van der Waals surface area contributed by atoms with Gasteiger partial charge in [0.05, 0.1) is 4.90 Å². The van der Waals surface area contributed by atoms with E-state index in [9.17, 15) is 8.42 Å². The molecule has 0 aliphatic carbocycles. The van der Waals surface area contributed by atoms with Crippen LogP contribution in [0.3, 0.4) is 0 Å². The van der Waals surface area contributed by atoms with Crippen LogP contribution in [0.5, 0.6) is 0 Å². The smallest absolute Gasteiger partial charge is 0.240 e. The summed E-state index contributed by atoms with van der Waals surface area (Å²) in [6.07, 6.45) is 2.33. The molecule has 0 saturated carbocycles. The molecule has 28 heavy (non-hydrogen) atoms. The van der Waals surface area contributed by atoms with Crippen LogP contribution in [0, 0.1) is 13.8 Å². The molecule has 1 fully saturated rings. The van der Waals surface area contributed by atoms with Crippen LogP contribution in [0.4, 0.5) is 5.69 Å². The minimum atomic E-state index is -3.55. The van der Waals surface area contributed by atoms with Crippen molar-refractivity contribution in [1.82, 2.24) is 9.62 Å². The molecule has 1 aliphatic rings. The summed E-state index contributed by atoms with van der Waals surface area (Å²) in [5, 5.41) is 0. The zero-order chi connectivity index (χ0) is 20.3. The van der Waals surface area contributed by atoms with E-state index < -0.39 is 10.0 Å². The molecule has 2 aromatic rings. The first-order valence-electron chi connectivity index (χ1n) is 9.86. The fourth-order valence-electron chi connectivity index (χ4n) is 3.87. The minimum Gasteiger partial charge on any atom is -0.378 e. The minimum absolute atomic E-state index is 0.0410. The number of sulfonamides is 1. The van der Waals surface area contributed by atoms with Gasteiger partial charge < -0.3 is 4.90 Å². The maximum Gasteiger partial charge on any atom is 0.240 e. The fourth-order valence-corrected chi connectivity index (χ4v) is 5.14. The summed E-state index contributed by atoms with van der Waals surface area (Å²) in [4.78, 5) is 4.81. The largest absolute Gasteiger partial charge is 0.378 e. The first kappa shape index (κ1) is 20.8. The molecule has 1 N–H and O–H groups in total. The molecule has 1 saturated heterocycles. The zero-order valence-electron chi connectivity index (χ0n) is 17.3. The van der Waals surface area contributed by atoms with Gasteiger partial charge >= 0.3 is 0 Å². The number of likely N-dealkylation sites (tertiary alicyclic amines) is 1. The topological polar surface area (TPSA) is 52.7 Å². The molecule has 6 heteroatoms. The van der Waals surface area contributed by atoms with Crippen molar-refractivity contribution in [3.05, 3.63) is 59.2 Å². The molecule has 0 amide bonds. The standard InChI is InChI=1S/C22H31N3O2S/c1-17-7-12-22(18(2)15-17)28(26,27)23-16-21(25-13-5-6-14-25)19-8-10-20(11-9-19)24(3)4/h7-12,15,21,23H,5-6,13-14,16H2,1-4H3/t21-/m1/s1. The number of anilines is 1. The van der Waals surface area contributed by atoms with E-state index in [2.05, 4.69) is 38.8 Å². The highest BCUT2D eigenvalue weighted by molar-refractivity contribution is 7.89. The van der Waals surface area contributed by atoms with Crippen molar-refractivity contribution in [3.8, 4) is 0 Å². The highest BCUT2D eigenvalue weighted by atomic mass is 32.2. The quantitative estimate of drug-likeness (QED) is 0.772. The Labute approximate surface area is 169 Å². The summed E-state index contributed by atoms with van der Waals surface area (Å²) >= 11 is 0. The van der Waals surface area contributed by atoms with Crippen molar-refractivity contribution in [2.45, 2.75) is 37.6 Å². The van der Waals surface area contributed by atoms with E-state index in [-0.39, 0.29) is 6.04 Å². The number of hydrogen-bond donors (Lipinski definition) is 1. The van der Waals surface area contributed by atoms with E-state index in [0.29, 0.717) is 11.4 Å². The van der Waals surface area contributed by atoms with Crippen molar-refractivity contribution >= 4 is 15.7 Å². The third kappa shape index (κ3) is 4.74. The Bertz CT molecular complexity index is 902. The van der Waals surface area contributed by atoms with Crippen LogP contribution >= 0.6 is 0 Å². The lowest BCUT2D eigenvalue weighted by Gasteiger charge is -2.28. The Morgan fingerprint density at radius 1 is 1.04 bits per heavy atom. The van der Waals surface area contributed by atoms with Crippen LogP contribution in [0.15, 0.2) is 47.4 Å². The van der Waals surface area contributed by atoms with Gasteiger partial charge in [0.2, 0.25) is 10.0 Å². The summed E-state index contributed by atoms with van der Waals surface area (Å²) in [5.41, 5.74) is 4.13. The maximum absolute atomic E-state index is 12.9. The van der Waals surface area contributed by atoms with Crippen LogP contribution in [-0.2, 0) is 10.0 Å². The summed E-state index contributed by atoms with van der Waals surface area (Å²) in [7, 11) is 0.491. The van der Waals surface area contributed by atoms with Crippen LogP contribution in [-0.4, -0.2) is 47.0 Å². The number of nitrogens with one attached hydrogen (secondary N) is 1. The Morgan fingerprint density at radius 3 is 2.25 bits per heavy atom. The number of rotatable bonds is 7. The second-order valence-corrected chi connectivity index (χ2v) is 9.60. The molecule has 0 radical (unpaired) electrons. The molecule has 0 spiro atoms. The van der Waals surface area contributed by atoms with Gasteiger partial charge in [-0.1, -0.05) is 29.8 Å². The average molecular weight is 402 g/mol. The Kier molecular flexibility index (Phi) is 6.43. The average Bonchev–Trinajstić information content (AvgIpc) is 3.16. The lowest BCUT2D eigenvalue weighted by atomic mass is 10.1. The molecule has 1 aliphatic heterocycles. The molecule has 3 rings (SSSR count). The number of hydrogen-bond acceptors (Lipinski definition) is 4. The normalized spacial score (nSPS) is 16.3. The predicted molar refractivity (Wildman–Crippen MR) is 115 cm³/mol. The lowest BCUT2D eigenvalue weighted by molar-refractivity contribution is 0.246. The fraction of sp³-hybridized carbons (Fsp3) is 0.455. The Balaban J connectivity index is 1.81. The van der Waals surface area contributed by atoms with Crippen molar-refractivity contribution < 1.29 is 8.42 Å². The van der Waals surface area contributed by atoms with E-state index >= 15 is 0 Å². The van der Waals surface area contributed by atoms with Crippen LogP contribution < -0.4 is 9.62 Å². The van der Waals surface area contributed by atoms with Crippen LogP contribution in [0.1, 0.15) is 35.6 Å².